The summed E-state index contributed by atoms with van der Waals surface area (Å²) in [6.07, 6.45) is 0.870. The van der Waals surface area contributed by atoms with Crippen LogP contribution in [-0.4, -0.2) is 46.5 Å². The molecule has 0 aliphatic carbocycles. The molecule has 0 aliphatic rings. The molecular formula is C10H21N5O. The predicted octanol–water partition coefficient (Wildman–Crippen LogP) is 0.0116. The average molecular weight is 227 g/mol. The van der Waals surface area contributed by atoms with Crippen LogP contribution in [0.2, 0.25) is 0 Å². The van der Waals surface area contributed by atoms with Gasteiger partial charge in [0.15, 0.2) is 5.82 Å². The highest BCUT2D eigenvalue weighted by molar-refractivity contribution is 4.89. The number of aromatic nitrogens is 4. The van der Waals surface area contributed by atoms with E-state index in [1.54, 1.807) is 14.2 Å². The van der Waals surface area contributed by atoms with Crippen molar-refractivity contribution in [2.45, 2.75) is 32.4 Å². The number of ether oxygens (including phenoxy) is 1. The van der Waals surface area contributed by atoms with E-state index >= 15 is 0 Å². The van der Waals surface area contributed by atoms with Gasteiger partial charge in [0.2, 0.25) is 0 Å². The molecule has 1 aromatic rings. The number of tetrazole rings is 1. The monoisotopic (exact) mass is 227 g/mol. The van der Waals surface area contributed by atoms with Crippen molar-refractivity contribution in [3.05, 3.63) is 5.82 Å². The quantitative estimate of drug-likeness (QED) is 0.741. The van der Waals surface area contributed by atoms with Gasteiger partial charge in [0.1, 0.15) is 0 Å². The fraction of sp³-hybridized carbons (Fsp3) is 0.900. The van der Waals surface area contributed by atoms with Crippen LogP contribution in [-0.2, 0) is 18.2 Å². The van der Waals surface area contributed by atoms with E-state index in [0.717, 1.165) is 12.2 Å². The summed E-state index contributed by atoms with van der Waals surface area (Å²) in [5.41, 5.74) is 0. The first-order valence-electron chi connectivity index (χ1n) is 5.51. The van der Waals surface area contributed by atoms with E-state index in [4.69, 9.17) is 4.74 Å². The smallest absolute Gasteiger partial charge is 0.176 e. The Morgan fingerprint density at radius 1 is 1.44 bits per heavy atom. The lowest BCUT2D eigenvalue weighted by Crippen LogP contribution is -2.43. The van der Waals surface area contributed by atoms with Crippen molar-refractivity contribution in [1.82, 2.24) is 25.5 Å². The molecule has 16 heavy (non-hydrogen) atoms. The van der Waals surface area contributed by atoms with Crippen LogP contribution in [0.3, 0.4) is 0 Å². The molecule has 0 saturated carbocycles. The standard InChI is InChI=1S/C10H21N5O/c1-7(2)10(16-5)8(11-3)6-9-12-14-15(4)13-9/h7-8,10-11H,6H2,1-5H3. The van der Waals surface area contributed by atoms with E-state index in [0.29, 0.717) is 5.92 Å². The third-order valence-corrected chi connectivity index (χ3v) is 2.65. The van der Waals surface area contributed by atoms with Crippen molar-refractivity contribution < 1.29 is 4.74 Å². The van der Waals surface area contributed by atoms with Gasteiger partial charge >= 0.3 is 0 Å². The molecule has 0 radical (unpaired) electrons. The Morgan fingerprint density at radius 3 is 2.50 bits per heavy atom. The first kappa shape index (κ1) is 13.1. The van der Waals surface area contributed by atoms with Gasteiger partial charge in [-0.1, -0.05) is 13.8 Å². The Labute approximate surface area is 96.4 Å². The number of aryl methyl sites for hydroxylation is 1. The number of nitrogens with zero attached hydrogens (tertiary/aromatic N) is 4. The minimum atomic E-state index is 0.147. The minimum Gasteiger partial charge on any atom is -0.380 e. The van der Waals surface area contributed by atoms with E-state index in [-0.39, 0.29) is 12.1 Å². The summed E-state index contributed by atoms with van der Waals surface area (Å²) in [7, 11) is 5.43. The number of rotatable bonds is 6. The SMILES string of the molecule is CNC(Cc1nnn(C)n1)C(OC)C(C)C. The first-order chi connectivity index (χ1) is 7.58. The summed E-state index contributed by atoms with van der Waals surface area (Å²) in [5.74, 6) is 1.18. The summed E-state index contributed by atoms with van der Waals surface area (Å²) in [6.45, 7) is 4.28. The maximum atomic E-state index is 5.50. The van der Waals surface area contributed by atoms with E-state index in [2.05, 4.69) is 34.6 Å². The fourth-order valence-electron chi connectivity index (χ4n) is 1.89. The summed E-state index contributed by atoms with van der Waals surface area (Å²) in [5, 5.41) is 15.2. The van der Waals surface area contributed by atoms with Gasteiger partial charge in [0.25, 0.3) is 0 Å². The van der Waals surface area contributed by atoms with Crippen molar-refractivity contribution in [2.24, 2.45) is 13.0 Å². The molecular weight excluding hydrogens is 206 g/mol. The van der Waals surface area contributed by atoms with E-state index in [1.807, 2.05) is 7.05 Å². The minimum absolute atomic E-state index is 0.147. The summed E-state index contributed by atoms with van der Waals surface area (Å²) >= 11 is 0. The molecule has 2 unspecified atom stereocenters. The fourth-order valence-corrected chi connectivity index (χ4v) is 1.89. The largest absolute Gasteiger partial charge is 0.380 e. The lowest BCUT2D eigenvalue weighted by atomic mass is 9.97. The van der Waals surface area contributed by atoms with E-state index in [1.165, 1.54) is 4.80 Å². The summed E-state index contributed by atoms with van der Waals surface area (Å²) in [4.78, 5) is 1.47. The van der Waals surface area contributed by atoms with Crippen LogP contribution in [0.25, 0.3) is 0 Å². The number of hydrogen-bond acceptors (Lipinski definition) is 5. The average Bonchev–Trinajstić information content (AvgIpc) is 2.63. The van der Waals surface area contributed by atoms with Gasteiger partial charge in [-0.25, -0.2) is 0 Å². The predicted molar refractivity (Wildman–Crippen MR) is 61.0 cm³/mol. The number of methoxy groups -OCH3 is 1. The topological polar surface area (TPSA) is 64.9 Å². The Morgan fingerprint density at radius 2 is 2.12 bits per heavy atom. The second kappa shape index (κ2) is 5.91. The molecule has 1 heterocycles. The molecule has 1 N–H and O–H groups in total. The van der Waals surface area contributed by atoms with Crippen molar-refractivity contribution in [1.29, 1.82) is 0 Å². The Kier molecular flexibility index (Phi) is 4.82. The number of hydrogen-bond donors (Lipinski definition) is 1. The normalized spacial score (nSPS) is 15.4. The van der Waals surface area contributed by atoms with Crippen LogP contribution in [0.5, 0.6) is 0 Å². The van der Waals surface area contributed by atoms with E-state index < -0.39 is 0 Å². The molecule has 6 heteroatoms. The molecule has 0 saturated heterocycles. The Hall–Kier alpha value is -1.01. The first-order valence-corrected chi connectivity index (χ1v) is 5.51. The Bertz CT molecular complexity index is 312. The Balaban J connectivity index is 2.67. The summed E-state index contributed by atoms with van der Waals surface area (Å²) in [6, 6.07) is 0.203. The molecule has 1 aromatic heterocycles. The number of likely N-dealkylation sites (N-methyl/N-ethyl adjacent to an activating group) is 1. The van der Waals surface area contributed by atoms with Gasteiger partial charge in [-0.3, -0.25) is 0 Å². The van der Waals surface area contributed by atoms with Crippen molar-refractivity contribution in [2.75, 3.05) is 14.2 Å². The molecule has 2 atom stereocenters. The van der Waals surface area contributed by atoms with Gasteiger partial charge in [-0.05, 0) is 18.2 Å². The van der Waals surface area contributed by atoms with Gasteiger partial charge in [0.05, 0.1) is 13.2 Å². The molecule has 6 nitrogen and oxygen atoms in total. The molecule has 92 valence electrons. The second-order valence-electron chi connectivity index (χ2n) is 4.24. The van der Waals surface area contributed by atoms with Gasteiger partial charge < -0.3 is 10.1 Å². The third-order valence-electron chi connectivity index (χ3n) is 2.65. The third kappa shape index (κ3) is 3.24. The molecule has 0 amide bonds. The van der Waals surface area contributed by atoms with Crippen LogP contribution >= 0.6 is 0 Å². The van der Waals surface area contributed by atoms with Crippen LogP contribution in [0, 0.1) is 5.92 Å². The molecule has 0 aromatic carbocycles. The van der Waals surface area contributed by atoms with Gasteiger partial charge in [-0.2, -0.15) is 4.80 Å². The molecule has 0 fully saturated rings. The van der Waals surface area contributed by atoms with Crippen LogP contribution < -0.4 is 5.32 Å². The summed E-state index contributed by atoms with van der Waals surface area (Å²) < 4.78 is 5.50. The zero-order valence-corrected chi connectivity index (χ0v) is 10.6. The highest BCUT2D eigenvalue weighted by Crippen LogP contribution is 2.12. The lowest BCUT2D eigenvalue weighted by molar-refractivity contribution is 0.0348. The van der Waals surface area contributed by atoms with Gasteiger partial charge in [0, 0.05) is 19.6 Å². The van der Waals surface area contributed by atoms with Crippen molar-refractivity contribution in [3.8, 4) is 0 Å². The van der Waals surface area contributed by atoms with Crippen LogP contribution in [0.4, 0.5) is 0 Å². The maximum absolute atomic E-state index is 5.50. The second-order valence-corrected chi connectivity index (χ2v) is 4.24. The highest BCUT2D eigenvalue weighted by atomic mass is 16.5. The van der Waals surface area contributed by atoms with Crippen LogP contribution in [0.1, 0.15) is 19.7 Å². The number of nitrogens with one attached hydrogen (secondary N) is 1. The zero-order valence-electron chi connectivity index (χ0n) is 10.6. The zero-order chi connectivity index (χ0) is 12.1. The van der Waals surface area contributed by atoms with Crippen LogP contribution in [0.15, 0.2) is 0 Å². The molecule has 0 bridgehead atoms. The molecule has 0 aliphatic heterocycles. The van der Waals surface area contributed by atoms with Crippen molar-refractivity contribution >= 4 is 0 Å². The highest BCUT2D eigenvalue weighted by Gasteiger charge is 2.24. The molecule has 0 spiro atoms. The van der Waals surface area contributed by atoms with Gasteiger partial charge in [-0.15, -0.1) is 10.2 Å². The molecule has 1 rings (SSSR count). The lowest BCUT2D eigenvalue weighted by Gasteiger charge is -2.27. The maximum Gasteiger partial charge on any atom is 0.176 e. The van der Waals surface area contributed by atoms with Crippen molar-refractivity contribution in [3.63, 3.8) is 0 Å². The van der Waals surface area contributed by atoms with E-state index in [9.17, 15) is 0 Å².